The van der Waals surface area contributed by atoms with E-state index in [4.69, 9.17) is 4.74 Å². The van der Waals surface area contributed by atoms with E-state index in [-0.39, 0.29) is 12.1 Å². The number of carbonyl (C=O) groups excluding carboxylic acids is 1. The van der Waals surface area contributed by atoms with Gasteiger partial charge in [0.05, 0.1) is 6.42 Å². The lowest BCUT2D eigenvalue weighted by Gasteiger charge is -2.26. The van der Waals surface area contributed by atoms with Crippen molar-refractivity contribution in [3.8, 4) is 0 Å². The number of thiol groups is 1. The number of rotatable bonds is 3. The second kappa shape index (κ2) is 6.28. The van der Waals surface area contributed by atoms with E-state index in [0.29, 0.717) is 6.42 Å². The van der Waals surface area contributed by atoms with Gasteiger partial charge in [0.1, 0.15) is 6.10 Å². The minimum atomic E-state index is -0.110. The van der Waals surface area contributed by atoms with Gasteiger partial charge in [-0.15, -0.1) is 12.6 Å². The van der Waals surface area contributed by atoms with Crippen LogP contribution in [0.15, 0.2) is 29.2 Å². The Morgan fingerprint density at radius 3 is 2.44 bits per heavy atom. The molecule has 0 unspecified atom stereocenters. The van der Waals surface area contributed by atoms with Gasteiger partial charge < -0.3 is 4.74 Å². The van der Waals surface area contributed by atoms with Gasteiger partial charge in [0.15, 0.2) is 0 Å². The van der Waals surface area contributed by atoms with E-state index in [1.807, 2.05) is 24.3 Å². The maximum atomic E-state index is 11.8. The van der Waals surface area contributed by atoms with E-state index < -0.39 is 0 Å². The molecule has 0 N–H and O–H groups in total. The van der Waals surface area contributed by atoms with Crippen LogP contribution in [-0.4, -0.2) is 12.1 Å². The third-order valence-corrected chi connectivity index (χ3v) is 3.84. The molecule has 1 aliphatic carbocycles. The molecule has 18 heavy (non-hydrogen) atoms. The minimum absolute atomic E-state index is 0.110. The molecule has 0 saturated heterocycles. The van der Waals surface area contributed by atoms with Crippen LogP contribution < -0.4 is 0 Å². The van der Waals surface area contributed by atoms with Crippen LogP contribution in [0.1, 0.15) is 38.2 Å². The van der Waals surface area contributed by atoms with Gasteiger partial charge in [-0.25, -0.2) is 0 Å². The van der Waals surface area contributed by atoms with Gasteiger partial charge in [-0.2, -0.15) is 0 Å². The summed E-state index contributed by atoms with van der Waals surface area (Å²) in [4.78, 5) is 12.7. The molecule has 3 heteroatoms. The topological polar surface area (TPSA) is 26.3 Å². The fourth-order valence-electron chi connectivity index (χ4n) is 2.36. The summed E-state index contributed by atoms with van der Waals surface area (Å²) in [7, 11) is 0. The lowest BCUT2D eigenvalue weighted by Crippen LogP contribution is -2.24. The number of hydrogen-bond donors (Lipinski definition) is 1. The Morgan fingerprint density at radius 2 is 1.83 bits per heavy atom. The molecule has 1 saturated carbocycles. The highest BCUT2D eigenvalue weighted by Crippen LogP contribution is 2.25. The predicted octanol–water partition coefficient (Wildman–Crippen LogP) is 3.64. The van der Waals surface area contributed by atoms with Crippen molar-refractivity contribution in [1.82, 2.24) is 0 Å². The normalized spacial score (nSPS) is 23.7. The fourth-order valence-corrected chi connectivity index (χ4v) is 2.50. The van der Waals surface area contributed by atoms with E-state index in [1.165, 1.54) is 12.8 Å². The maximum absolute atomic E-state index is 11.8. The first kappa shape index (κ1) is 13.5. The van der Waals surface area contributed by atoms with Crippen LogP contribution >= 0.6 is 12.6 Å². The Hall–Kier alpha value is -0.960. The summed E-state index contributed by atoms with van der Waals surface area (Å²) in [5, 5.41) is 0. The average molecular weight is 264 g/mol. The first-order valence-corrected chi connectivity index (χ1v) is 7.05. The van der Waals surface area contributed by atoms with Crippen LogP contribution in [0.4, 0.5) is 0 Å². The summed E-state index contributed by atoms with van der Waals surface area (Å²) in [5.74, 6) is 0.671. The molecule has 2 rings (SSSR count). The van der Waals surface area contributed by atoms with E-state index >= 15 is 0 Å². The number of hydrogen-bond acceptors (Lipinski definition) is 3. The highest BCUT2D eigenvalue weighted by molar-refractivity contribution is 7.80. The zero-order chi connectivity index (χ0) is 13.0. The largest absolute Gasteiger partial charge is 0.462 e. The van der Waals surface area contributed by atoms with Gasteiger partial charge in [-0.1, -0.05) is 19.1 Å². The summed E-state index contributed by atoms with van der Waals surface area (Å²) in [6.07, 6.45) is 4.88. The molecule has 0 spiro atoms. The Morgan fingerprint density at radius 1 is 1.22 bits per heavy atom. The van der Waals surface area contributed by atoms with Crippen molar-refractivity contribution >= 4 is 18.6 Å². The lowest BCUT2D eigenvalue weighted by atomic mass is 9.89. The van der Waals surface area contributed by atoms with E-state index in [1.54, 1.807) is 0 Å². The Bertz CT molecular complexity index is 391. The zero-order valence-electron chi connectivity index (χ0n) is 10.8. The summed E-state index contributed by atoms with van der Waals surface area (Å²) in [5.41, 5.74) is 0.988. The first-order valence-electron chi connectivity index (χ1n) is 6.61. The van der Waals surface area contributed by atoms with Crippen LogP contribution in [0.25, 0.3) is 0 Å². The standard InChI is InChI=1S/C15H20O2S/c1-11-2-6-13(7-3-11)17-15(16)10-12-4-8-14(18)9-5-12/h4-5,8-9,11,13,18H,2-3,6-7,10H2,1H3. The number of carbonyl (C=O) groups is 1. The Kier molecular flexibility index (Phi) is 4.70. The quantitative estimate of drug-likeness (QED) is 0.666. The molecule has 0 aliphatic heterocycles. The molecule has 0 atom stereocenters. The molecule has 0 bridgehead atoms. The zero-order valence-corrected chi connectivity index (χ0v) is 11.7. The molecule has 98 valence electrons. The van der Waals surface area contributed by atoms with Gasteiger partial charge in [-0.05, 0) is 49.3 Å². The van der Waals surface area contributed by atoms with Gasteiger partial charge in [0, 0.05) is 4.90 Å². The van der Waals surface area contributed by atoms with Crippen molar-refractivity contribution in [2.45, 2.75) is 50.0 Å². The van der Waals surface area contributed by atoms with Crippen molar-refractivity contribution in [2.75, 3.05) is 0 Å². The molecule has 0 aromatic heterocycles. The third kappa shape index (κ3) is 4.05. The van der Waals surface area contributed by atoms with Gasteiger partial charge in [0.25, 0.3) is 0 Å². The first-order chi connectivity index (χ1) is 8.63. The molecule has 0 amide bonds. The van der Waals surface area contributed by atoms with Crippen LogP contribution in [0.2, 0.25) is 0 Å². The van der Waals surface area contributed by atoms with Crippen LogP contribution in [0.3, 0.4) is 0 Å². The molecule has 1 aliphatic rings. The molecule has 2 nitrogen and oxygen atoms in total. The summed E-state index contributed by atoms with van der Waals surface area (Å²) in [6.45, 7) is 2.26. The SMILES string of the molecule is CC1CCC(OC(=O)Cc2ccc(S)cc2)CC1. The minimum Gasteiger partial charge on any atom is -0.462 e. The number of ether oxygens (including phenoxy) is 1. The molecule has 1 aromatic rings. The highest BCUT2D eigenvalue weighted by Gasteiger charge is 2.21. The summed E-state index contributed by atoms with van der Waals surface area (Å²) < 4.78 is 5.52. The third-order valence-electron chi connectivity index (χ3n) is 3.55. The van der Waals surface area contributed by atoms with E-state index in [9.17, 15) is 4.79 Å². The molecule has 1 aromatic carbocycles. The number of benzene rings is 1. The van der Waals surface area contributed by atoms with Crippen molar-refractivity contribution in [3.63, 3.8) is 0 Å². The van der Waals surface area contributed by atoms with Crippen LogP contribution in [0.5, 0.6) is 0 Å². The van der Waals surface area contributed by atoms with Crippen molar-refractivity contribution in [2.24, 2.45) is 5.92 Å². The van der Waals surface area contributed by atoms with Crippen molar-refractivity contribution in [1.29, 1.82) is 0 Å². The van der Waals surface area contributed by atoms with E-state index in [0.717, 1.165) is 29.2 Å². The van der Waals surface area contributed by atoms with Gasteiger partial charge in [0.2, 0.25) is 0 Å². The highest BCUT2D eigenvalue weighted by atomic mass is 32.1. The van der Waals surface area contributed by atoms with Gasteiger partial charge in [-0.3, -0.25) is 4.79 Å². The fraction of sp³-hybridized carbons (Fsp3) is 0.533. The summed E-state index contributed by atoms with van der Waals surface area (Å²) in [6, 6.07) is 7.64. The molecular formula is C15H20O2S. The smallest absolute Gasteiger partial charge is 0.310 e. The summed E-state index contributed by atoms with van der Waals surface area (Å²) >= 11 is 4.22. The van der Waals surface area contributed by atoms with Gasteiger partial charge >= 0.3 is 5.97 Å². The van der Waals surface area contributed by atoms with E-state index in [2.05, 4.69) is 19.6 Å². The molecule has 0 radical (unpaired) electrons. The Labute approximate surface area is 114 Å². The Balaban J connectivity index is 1.80. The predicted molar refractivity (Wildman–Crippen MR) is 74.9 cm³/mol. The number of esters is 1. The molecule has 0 heterocycles. The monoisotopic (exact) mass is 264 g/mol. The second-order valence-electron chi connectivity index (χ2n) is 5.21. The van der Waals surface area contributed by atoms with Crippen LogP contribution in [-0.2, 0) is 16.0 Å². The maximum Gasteiger partial charge on any atom is 0.310 e. The average Bonchev–Trinajstić information content (AvgIpc) is 2.35. The molecular weight excluding hydrogens is 244 g/mol. The van der Waals surface area contributed by atoms with Crippen molar-refractivity contribution < 1.29 is 9.53 Å². The lowest BCUT2D eigenvalue weighted by molar-refractivity contribution is -0.150. The molecule has 1 fully saturated rings. The second-order valence-corrected chi connectivity index (χ2v) is 5.73. The van der Waals surface area contributed by atoms with Crippen LogP contribution in [0, 0.1) is 5.92 Å². The van der Waals surface area contributed by atoms with Crippen molar-refractivity contribution in [3.05, 3.63) is 29.8 Å².